The van der Waals surface area contributed by atoms with Crippen molar-refractivity contribution in [3.63, 3.8) is 0 Å². The van der Waals surface area contributed by atoms with E-state index < -0.39 is 0 Å². The lowest BCUT2D eigenvalue weighted by Crippen LogP contribution is -1.96. The van der Waals surface area contributed by atoms with E-state index in [2.05, 4.69) is 103 Å². The van der Waals surface area contributed by atoms with Crippen LogP contribution >= 0.6 is 0 Å². The summed E-state index contributed by atoms with van der Waals surface area (Å²) in [6.07, 6.45) is 0. The molecule has 0 aliphatic heterocycles. The van der Waals surface area contributed by atoms with Crippen LogP contribution in [0.5, 0.6) is 0 Å². The van der Waals surface area contributed by atoms with Crippen LogP contribution in [0.15, 0.2) is 84.9 Å². The first-order valence-corrected chi connectivity index (χ1v) is 9.26. The summed E-state index contributed by atoms with van der Waals surface area (Å²) in [6.45, 7) is 4.56. The summed E-state index contributed by atoms with van der Waals surface area (Å²) < 4.78 is 2.41. The topological polar surface area (TPSA) is 4.93 Å². The second-order valence-corrected chi connectivity index (χ2v) is 7.25. The first-order valence-electron chi connectivity index (χ1n) is 9.26. The van der Waals surface area contributed by atoms with E-state index in [1.807, 2.05) is 0 Å². The summed E-state index contributed by atoms with van der Waals surface area (Å²) in [7, 11) is 0. The van der Waals surface area contributed by atoms with Crippen molar-refractivity contribution in [1.29, 1.82) is 0 Å². The molecular formula is C25H21N. The van der Waals surface area contributed by atoms with Crippen molar-refractivity contribution >= 4 is 32.6 Å². The van der Waals surface area contributed by atoms with Crippen LogP contribution < -0.4 is 0 Å². The molecule has 0 radical (unpaired) electrons. The third kappa shape index (κ3) is 2.10. The van der Waals surface area contributed by atoms with Gasteiger partial charge in [0.15, 0.2) is 0 Å². The monoisotopic (exact) mass is 335 g/mol. The highest BCUT2D eigenvalue weighted by Gasteiger charge is 2.17. The minimum absolute atomic E-state index is 0.489. The van der Waals surface area contributed by atoms with Crippen LogP contribution in [0.2, 0.25) is 0 Å². The van der Waals surface area contributed by atoms with Crippen molar-refractivity contribution < 1.29 is 0 Å². The number of fused-ring (bicyclic) bond motifs is 5. The molecule has 0 aliphatic carbocycles. The fourth-order valence-corrected chi connectivity index (χ4v) is 4.17. The van der Waals surface area contributed by atoms with Crippen molar-refractivity contribution in [3.8, 4) is 5.69 Å². The second kappa shape index (κ2) is 5.74. The number of aromatic nitrogens is 1. The molecule has 0 unspecified atom stereocenters. The van der Waals surface area contributed by atoms with Gasteiger partial charge in [0.25, 0.3) is 0 Å². The Bertz CT molecular complexity index is 1240. The SMILES string of the molecule is CC(C)c1cc2c3ccccc3n(-c3ccccc3)c2c2ccccc12. The van der Waals surface area contributed by atoms with Gasteiger partial charge in [-0.25, -0.2) is 0 Å². The maximum Gasteiger partial charge on any atom is 0.0619 e. The first kappa shape index (κ1) is 15.2. The standard InChI is InChI=1S/C25H21N/c1-17(2)22-16-23-20-13-8-9-15-24(20)26(18-10-4-3-5-11-18)25(23)21-14-7-6-12-19(21)22/h3-17H,1-2H3. The lowest BCUT2D eigenvalue weighted by atomic mass is 9.93. The molecule has 0 aliphatic rings. The van der Waals surface area contributed by atoms with Gasteiger partial charge in [-0.2, -0.15) is 0 Å². The molecule has 1 heteroatoms. The smallest absolute Gasteiger partial charge is 0.0619 e. The molecule has 1 heterocycles. The summed E-state index contributed by atoms with van der Waals surface area (Å²) in [5, 5.41) is 5.34. The number of benzene rings is 4. The van der Waals surface area contributed by atoms with Gasteiger partial charge in [-0.1, -0.05) is 74.5 Å². The highest BCUT2D eigenvalue weighted by molar-refractivity contribution is 6.19. The molecule has 26 heavy (non-hydrogen) atoms. The Morgan fingerprint density at radius 2 is 1.23 bits per heavy atom. The Kier molecular flexibility index (Phi) is 3.36. The highest BCUT2D eigenvalue weighted by Crippen LogP contribution is 2.39. The highest BCUT2D eigenvalue weighted by atomic mass is 15.0. The first-order chi connectivity index (χ1) is 12.8. The van der Waals surface area contributed by atoms with Gasteiger partial charge in [-0.05, 0) is 41.1 Å². The maximum atomic E-state index is 2.41. The summed E-state index contributed by atoms with van der Waals surface area (Å²) in [6, 6.07) is 30.7. The molecule has 0 saturated carbocycles. The van der Waals surface area contributed by atoms with Gasteiger partial charge in [0, 0.05) is 21.8 Å². The zero-order valence-corrected chi connectivity index (χ0v) is 15.1. The Balaban J connectivity index is 2.09. The molecule has 0 fully saturated rings. The molecule has 4 aromatic carbocycles. The van der Waals surface area contributed by atoms with Crippen LogP contribution in [0.3, 0.4) is 0 Å². The molecule has 0 N–H and O–H groups in total. The van der Waals surface area contributed by atoms with Crippen molar-refractivity contribution in [1.82, 2.24) is 4.57 Å². The number of para-hydroxylation sites is 2. The summed E-state index contributed by atoms with van der Waals surface area (Å²) >= 11 is 0. The van der Waals surface area contributed by atoms with Gasteiger partial charge in [0.1, 0.15) is 0 Å². The van der Waals surface area contributed by atoms with Crippen LogP contribution in [0.1, 0.15) is 25.3 Å². The Hall–Kier alpha value is -3.06. The molecule has 0 atom stereocenters. The van der Waals surface area contributed by atoms with E-state index in [1.165, 1.54) is 43.8 Å². The van der Waals surface area contributed by atoms with Gasteiger partial charge in [0.05, 0.1) is 11.0 Å². The second-order valence-electron chi connectivity index (χ2n) is 7.25. The van der Waals surface area contributed by atoms with E-state index >= 15 is 0 Å². The zero-order chi connectivity index (χ0) is 17.7. The minimum Gasteiger partial charge on any atom is -0.309 e. The summed E-state index contributed by atoms with van der Waals surface area (Å²) in [4.78, 5) is 0. The molecule has 0 amide bonds. The molecule has 126 valence electrons. The third-order valence-electron chi connectivity index (χ3n) is 5.34. The number of hydrogen-bond donors (Lipinski definition) is 0. The zero-order valence-electron chi connectivity index (χ0n) is 15.1. The summed E-state index contributed by atoms with van der Waals surface area (Å²) in [5.41, 5.74) is 5.20. The van der Waals surface area contributed by atoms with Gasteiger partial charge in [-0.15, -0.1) is 0 Å². The van der Waals surface area contributed by atoms with Crippen LogP contribution in [-0.2, 0) is 0 Å². The van der Waals surface area contributed by atoms with Crippen molar-refractivity contribution in [2.24, 2.45) is 0 Å². The van der Waals surface area contributed by atoms with Gasteiger partial charge >= 0.3 is 0 Å². The quantitative estimate of drug-likeness (QED) is 0.325. The molecule has 1 nitrogen and oxygen atoms in total. The van der Waals surface area contributed by atoms with E-state index in [4.69, 9.17) is 0 Å². The molecule has 0 bridgehead atoms. The Morgan fingerprint density at radius 3 is 1.96 bits per heavy atom. The van der Waals surface area contributed by atoms with E-state index in [-0.39, 0.29) is 0 Å². The van der Waals surface area contributed by atoms with Crippen LogP contribution in [0, 0.1) is 0 Å². The molecule has 1 aromatic heterocycles. The average molecular weight is 335 g/mol. The molecular weight excluding hydrogens is 314 g/mol. The predicted molar refractivity (Wildman–Crippen MR) is 112 cm³/mol. The maximum absolute atomic E-state index is 2.41. The normalized spacial score (nSPS) is 11.8. The van der Waals surface area contributed by atoms with Gasteiger partial charge < -0.3 is 4.57 Å². The largest absolute Gasteiger partial charge is 0.309 e. The lowest BCUT2D eigenvalue weighted by molar-refractivity contribution is 0.878. The number of hydrogen-bond acceptors (Lipinski definition) is 0. The van der Waals surface area contributed by atoms with Crippen molar-refractivity contribution in [2.45, 2.75) is 19.8 Å². The fraction of sp³-hybridized carbons (Fsp3) is 0.120. The lowest BCUT2D eigenvalue weighted by Gasteiger charge is -2.14. The molecule has 0 saturated heterocycles. The average Bonchev–Trinajstić information content (AvgIpc) is 3.02. The molecule has 5 aromatic rings. The predicted octanol–water partition coefficient (Wildman–Crippen LogP) is 7.06. The molecule has 0 spiro atoms. The summed E-state index contributed by atoms with van der Waals surface area (Å²) in [5.74, 6) is 0.489. The number of nitrogens with zero attached hydrogens (tertiary/aromatic N) is 1. The van der Waals surface area contributed by atoms with Gasteiger partial charge in [0.2, 0.25) is 0 Å². The van der Waals surface area contributed by atoms with Crippen LogP contribution in [0.25, 0.3) is 38.3 Å². The van der Waals surface area contributed by atoms with E-state index in [0.717, 1.165) is 0 Å². The van der Waals surface area contributed by atoms with E-state index in [0.29, 0.717) is 5.92 Å². The molecule has 5 rings (SSSR count). The van der Waals surface area contributed by atoms with Crippen molar-refractivity contribution in [2.75, 3.05) is 0 Å². The van der Waals surface area contributed by atoms with E-state index in [1.54, 1.807) is 0 Å². The Morgan fingerprint density at radius 1 is 0.615 bits per heavy atom. The van der Waals surface area contributed by atoms with E-state index in [9.17, 15) is 0 Å². The number of rotatable bonds is 2. The van der Waals surface area contributed by atoms with Gasteiger partial charge in [-0.3, -0.25) is 0 Å². The fourth-order valence-electron chi connectivity index (χ4n) is 4.17. The van der Waals surface area contributed by atoms with Crippen LogP contribution in [0.4, 0.5) is 0 Å². The van der Waals surface area contributed by atoms with Crippen molar-refractivity contribution in [3.05, 3.63) is 90.5 Å². The third-order valence-corrected chi connectivity index (χ3v) is 5.34. The Labute approximate surface area is 153 Å². The minimum atomic E-state index is 0.489. The van der Waals surface area contributed by atoms with Crippen LogP contribution in [-0.4, -0.2) is 4.57 Å².